The standard InChI is InChI=1S/C9H9NO2S/c1-2-12-7-5-3-4-6-8(7)13-9(11)10-6/h3-5H,2H2,1H3,(H,10,11). The first-order chi connectivity index (χ1) is 6.31. The number of rotatable bonds is 2. The van der Waals surface area contributed by atoms with Gasteiger partial charge in [0.1, 0.15) is 5.75 Å². The maximum Gasteiger partial charge on any atom is 0.305 e. The van der Waals surface area contributed by atoms with Crippen molar-refractivity contribution < 1.29 is 4.74 Å². The number of H-pyrrole nitrogens is 1. The lowest BCUT2D eigenvalue weighted by Crippen LogP contribution is -1.90. The fraction of sp³-hybridized carbons (Fsp3) is 0.222. The molecule has 68 valence electrons. The Balaban J connectivity index is 2.67. The summed E-state index contributed by atoms with van der Waals surface area (Å²) in [6.07, 6.45) is 0. The summed E-state index contributed by atoms with van der Waals surface area (Å²) in [4.78, 5) is 13.8. The fourth-order valence-electron chi connectivity index (χ4n) is 1.22. The van der Waals surface area contributed by atoms with Gasteiger partial charge in [0.05, 0.1) is 16.8 Å². The van der Waals surface area contributed by atoms with E-state index in [9.17, 15) is 4.79 Å². The third kappa shape index (κ3) is 1.45. The van der Waals surface area contributed by atoms with Crippen molar-refractivity contribution in [2.24, 2.45) is 0 Å². The van der Waals surface area contributed by atoms with E-state index in [2.05, 4.69) is 4.98 Å². The second-order valence-corrected chi connectivity index (χ2v) is 3.56. The zero-order valence-corrected chi connectivity index (χ0v) is 7.98. The lowest BCUT2D eigenvalue weighted by atomic mass is 10.3. The van der Waals surface area contributed by atoms with Crippen LogP contribution in [0.25, 0.3) is 10.2 Å². The van der Waals surface area contributed by atoms with E-state index in [1.165, 1.54) is 11.3 Å². The minimum atomic E-state index is -0.0397. The summed E-state index contributed by atoms with van der Waals surface area (Å²) >= 11 is 1.18. The first-order valence-corrected chi connectivity index (χ1v) is 4.87. The molecular formula is C9H9NO2S. The Labute approximate surface area is 79.0 Å². The van der Waals surface area contributed by atoms with Gasteiger partial charge in [0.25, 0.3) is 0 Å². The van der Waals surface area contributed by atoms with Gasteiger partial charge in [0, 0.05) is 0 Å². The van der Waals surface area contributed by atoms with Gasteiger partial charge in [-0.3, -0.25) is 4.79 Å². The van der Waals surface area contributed by atoms with E-state index in [0.717, 1.165) is 16.0 Å². The summed E-state index contributed by atoms with van der Waals surface area (Å²) in [5.74, 6) is 0.781. The van der Waals surface area contributed by atoms with Crippen molar-refractivity contribution in [3.8, 4) is 5.75 Å². The Bertz CT molecular complexity index is 472. The molecule has 0 atom stereocenters. The minimum absolute atomic E-state index is 0.0397. The Hall–Kier alpha value is -1.29. The van der Waals surface area contributed by atoms with Crippen LogP contribution < -0.4 is 9.61 Å². The summed E-state index contributed by atoms with van der Waals surface area (Å²) in [5, 5.41) is 0. The number of ether oxygens (including phenoxy) is 1. The summed E-state index contributed by atoms with van der Waals surface area (Å²) in [6, 6.07) is 5.61. The molecule has 3 nitrogen and oxygen atoms in total. The molecular weight excluding hydrogens is 186 g/mol. The molecule has 1 aromatic carbocycles. The van der Waals surface area contributed by atoms with E-state index < -0.39 is 0 Å². The average molecular weight is 195 g/mol. The van der Waals surface area contributed by atoms with Crippen LogP contribution in [0.4, 0.5) is 0 Å². The molecule has 0 radical (unpaired) electrons. The van der Waals surface area contributed by atoms with Crippen LogP contribution in [-0.2, 0) is 0 Å². The summed E-state index contributed by atoms with van der Waals surface area (Å²) in [5.41, 5.74) is 0.848. The molecule has 0 unspecified atom stereocenters. The van der Waals surface area contributed by atoms with Crippen molar-refractivity contribution in [3.63, 3.8) is 0 Å². The highest BCUT2D eigenvalue weighted by atomic mass is 32.1. The van der Waals surface area contributed by atoms with Crippen molar-refractivity contribution >= 4 is 21.6 Å². The highest BCUT2D eigenvalue weighted by Crippen LogP contribution is 2.26. The molecule has 0 saturated carbocycles. The molecule has 0 amide bonds. The van der Waals surface area contributed by atoms with E-state index in [1.54, 1.807) is 0 Å². The number of thiazole rings is 1. The second kappa shape index (κ2) is 3.22. The number of nitrogens with one attached hydrogen (secondary N) is 1. The molecule has 2 aromatic rings. The lowest BCUT2D eigenvalue weighted by Gasteiger charge is -2.01. The van der Waals surface area contributed by atoms with Crippen molar-refractivity contribution in [2.75, 3.05) is 6.61 Å². The van der Waals surface area contributed by atoms with E-state index in [4.69, 9.17) is 4.74 Å². The monoisotopic (exact) mass is 195 g/mol. The molecule has 0 fully saturated rings. The van der Waals surface area contributed by atoms with Crippen LogP contribution in [0.3, 0.4) is 0 Å². The summed E-state index contributed by atoms with van der Waals surface area (Å²) in [6.45, 7) is 2.54. The molecule has 2 rings (SSSR count). The highest BCUT2D eigenvalue weighted by Gasteiger charge is 2.04. The van der Waals surface area contributed by atoms with Gasteiger partial charge in [-0.05, 0) is 19.1 Å². The number of benzene rings is 1. The molecule has 0 bridgehead atoms. The predicted octanol–water partition coefficient (Wildman–Crippen LogP) is 1.99. The maximum atomic E-state index is 11.1. The third-order valence-electron chi connectivity index (χ3n) is 1.71. The van der Waals surface area contributed by atoms with Gasteiger partial charge in [-0.1, -0.05) is 17.4 Å². The molecule has 0 aliphatic rings. The van der Waals surface area contributed by atoms with Crippen LogP contribution in [0, 0.1) is 0 Å². The Kier molecular flexibility index (Phi) is 2.06. The van der Waals surface area contributed by atoms with Gasteiger partial charge in [0.2, 0.25) is 0 Å². The molecule has 0 aliphatic carbocycles. The van der Waals surface area contributed by atoms with Crippen molar-refractivity contribution in [1.29, 1.82) is 0 Å². The molecule has 1 heterocycles. The highest BCUT2D eigenvalue weighted by molar-refractivity contribution is 7.16. The molecule has 0 saturated heterocycles. The number of aromatic nitrogens is 1. The van der Waals surface area contributed by atoms with Crippen LogP contribution in [0.15, 0.2) is 23.0 Å². The van der Waals surface area contributed by atoms with Crippen LogP contribution in [0.2, 0.25) is 0 Å². The topological polar surface area (TPSA) is 42.1 Å². The molecule has 1 N–H and O–H groups in total. The number of fused-ring (bicyclic) bond motifs is 1. The van der Waals surface area contributed by atoms with Crippen LogP contribution in [0.5, 0.6) is 5.75 Å². The Morgan fingerprint density at radius 3 is 3.15 bits per heavy atom. The number of hydrogen-bond acceptors (Lipinski definition) is 3. The van der Waals surface area contributed by atoms with Gasteiger partial charge < -0.3 is 9.72 Å². The fourth-order valence-corrected chi connectivity index (χ4v) is 2.02. The molecule has 1 aromatic heterocycles. The molecule has 4 heteroatoms. The van der Waals surface area contributed by atoms with Crippen molar-refractivity contribution in [2.45, 2.75) is 6.92 Å². The van der Waals surface area contributed by atoms with Crippen LogP contribution in [0.1, 0.15) is 6.92 Å². The van der Waals surface area contributed by atoms with Crippen LogP contribution >= 0.6 is 11.3 Å². The normalized spacial score (nSPS) is 10.5. The van der Waals surface area contributed by atoms with Gasteiger partial charge in [0.15, 0.2) is 0 Å². The maximum absolute atomic E-state index is 11.1. The average Bonchev–Trinajstić information content (AvgIpc) is 2.47. The molecule has 0 aliphatic heterocycles. The predicted molar refractivity (Wildman–Crippen MR) is 53.6 cm³/mol. The largest absolute Gasteiger partial charge is 0.492 e. The zero-order chi connectivity index (χ0) is 9.26. The van der Waals surface area contributed by atoms with E-state index in [0.29, 0.717) is 6.61 Å². The minimum Gasteiger partial charge on any atom is -0.492 e. The lowest BCUT2D eigenvalue weighted by molar-refractivity contribution is 0.345. The zero-order valence-electron chi connectivity index (χ0n) is 7.16. The Morgan fingerprint density at radius 1 is 1.54 bits per heavy atom. The summed E-state index contributed by atoms with van der Waals surface area (Å²) in [7, 11) is 0. The second-order valence-electron chi connectivity index (χ2n) is 2.58. The first-order valence-electron chi connectivity index (χ1n) is 4.06. The van der Waals surface area contributed by atoms with Crippen LogP contribution in [-0.4, -0.2) is 11.6 Å². The van der Waals surface area contributed by atoms with E-state index >= 15 is 0 Å². The SMILES string of the molecule is CCOc1cccc2[nH]c(=O)sc12. The smallest absolute Gasteiger partial charge is 0.305 e. The van der Waals surface area contributed by atoms with E-state index in [1.807, 2.05) is 25.1 Å². The van der Waals surface area contributed by atoms with Gasteiger partial charge in [-0.2, -0.15) is 0 Å². The Morgan fingerprint density at radius 2 is 2.38 bits per heavy atom. The third-order valence-corrected chi connectivity index (χ3v) is 2.62. The quantitative estimate of drug-likeness (QED) is 0.796. The first kappa shape index (κ1) is 8.31. The molecule has 13 heavy (non-hydrogen) atoms. The molecule has 0 spiro atoms. The van der Waals surface area contributed by atoms with Crippen molar-refractivity contribution in [1.82, 2.24) is 4.98 Å². The number of hydrogen-bond donors (Lipinski definition) is 1. The number of aromatic amines is 1. The summed E-state index contributed by atoms with van der Waals surface area (Å²) < 4.78 is 6.28. The van der Waals surface area contributed by atoms with Crippen molar-refractivity contribution in [3.05, 3.63) is 27.9 Å². The van der Waals surface area contributed by atoms with Gasteiger partial charge in [-0.25, -0.2) is 0 Å². The van der Waals surface area contributed by atoms with Gasteiger partial charge >= 0.3 is 4.87 Å². The van der Waals surface area contributed by atoms with E-state index in [-0.39, 0.29) is 4.87 Å². The van der Waals surface area contributed by atoms with Gasteiger partial charge in [-0.15, -0.1) is 0 Å².